The number of rotatable bonds is 5. The number of hydrogen-bond acceptors (Lipinski definition) is 6. The second kappa shape index (κ2) is 7.50. The molecule has 27 heavy (non-hydrogen) atoms. The molecule has 1 unspecified atom stereocenters. The van der Waals surface area contributed by atoms with Crippen LogP contribution in [0.25, 0.3) is 0 Å². The van der Waals surface area contributed by atoms with Gasteiger partial charge in [0.2, 0.25) is 5.91 Å². The zero-order chi connectivity index (χ0) is 18.8. The Morgan fingerprint density at radius 1 is 1.30 bits per heavy atom. The number of aryl methyl sites for hydroxylation is 1. The lowest BCUT2D eigenvalue weighted by molar-refractivity contribution is -0.132. The number of amides is 1. The van der Waals surface area contributed by atoms with Crippen molar-refractivity contribution in [3.05, 3.63) is 64.4 Å². The quantitative estimate of drug-likeness (QED) is 0.702. The van der Waals surface area contributed by atoms with Gasteiger partial charge in [0, 0.05) is 18.3 Å². The summed E-state index contributed by atoms with van der Waals surface area (Å²) in [5, 5.41) is 17.5. The van der Waals surface area contributed by atoms with Gasteiger partial charge in [-0.3, -0.25) is 9.48 Å². The lowest BCUT2D eigenvalue weighted by Gasteiger charge is -2.27. The largest absolute Gasteiger partial charge is 0.382 e. The molecule has 4 rings (SSSR count). The summed E-state index contributed by atoms with van der Waals surface area (Å²) < 4.78 is 1.88. The highest BCUT2D eigenvalue weighted by Crippen LogP contribution is 2.24. The maximum absolute atomic E-state index is 12.5. The number of benzene rings is 1. The van der Waals surface area contributed by atoms with Crippen molar-refractivity contribution in [2.24, 2.45) is 0 Å². The Hall–Kier alpha value is -2.71. The Balaban J connectivity index is 1.41. The highest BCUT2D eigenvalue weighted by atomic mass is 32.1. The van der Waals surface area contributed by atoms with Crippen molar-refractivity contribution in [1.29, 1.82) is 0 Å². The summed E-state index contributed by atoms with van der Waals surface area (Å²) in [7, 11) is 0. The maximum atomic E-state index is 12.5. The predicted molar refractivity (Wildman–Crippen MR) is 103 cm³/mol. The standard InChI is InChI=1S/C19H21N5O2S/c20-19-21-14(12-27-19)6-7-17(25)23-8-9-24-15(11-23)10-16(22-24)18(26)13-4-2-1-3-5-13/h1-5,10,12,18,26H,6-9,11H2,(H2,20,21). The molecule has 0 radical (unpaired) electrons. The molecule has 140 valence electrons. The fourth-order valence-corrected chi connectivity index (χ4v) is 3.87. The van der Waals surface area contributed by atoms with Gasteiger partial charge in [0.1, 0.15) is 6.10 Å². The second-order valence-electron chi connectivity index (χ2n) is 6.59. The zero-order valence-electron chi connectivity index (χ0n) is 14.8. The van der Waals surface area contributed by atoms with Gasteiger partial charge in [0.05, 0.1) is 30.2 Å². The number of anilines is 1. The number of carbonyl (C=O) groups is 1. The van der Waals surface area contributed by atoms with E-state index in [-0.39, 0.29) is 5.91 Å². The van der Waals surface area contributed by atoms with Crippen LogP contribution in [0.3, 0.4) is 0 Å². The first-order chi connectivity index (χ1) is 13.1. The highest BCUT2D eigenvalue weighted by molar-refractivity contribution is 7.13. The molecule has 1 atom stereocenters. The first-order valence-corrected chi connectivity index (χ1v) is 9.75. The Labute approximate surface area is 161 Å². The van der Waals surface area contributed by atoms with Crippen LogP contribution in [-0.2, 0) is 24.3 Å². The third-order valence-electron chi connectivity index (χ3n) is 4.73. The number of nitrogens with two attached hydrogens (primary N) is 1. The van der Waals surface area contributed by atoms with Crippen molar-refractivity contribution in [2.45, 2.75) is 32.0 Å². The molecule has 7 nitrogen and oxygen atoms in total. The number of thiazole rings is 1. The highest BCUT2D eigenvalue weighted by Gasteiger charge is 2.24. The zero-order valence-corrected chi connectivity index (χ0v) is 15.6. The molecule has 3 N–H and O–H groups in total. The molecule has 0 saturated carbocycles. The Bertz CT molecular complexity index is 937. The Kier molecular flexibility index (Phi) is 4.91. The summed E-state index contributed by atoms with van der Waals surface area (Å²) >= 11 is 1.39. The number of aliphatic hydroxyl groups excluding tert-OH is 1. The van der Waals surface area contributed by atoms with Crippen LogP contribution in [0.1, 0.15) is 35.2 Å². The molecule has 2 aromatic heterocycles. The molecule has 3 heterocycles. The van der Waals surface area contributed by atoms with Crippen molar-refractivity contribution < 1.29 is 9.90 Å². The lowest BCUT2D eigenvalue weighted by Crippen LogP contribution is -2.38. The maximum Gasteiger partial charge on any atom is 0.223 e. The molecule has 0 saturated heterocycles. The van der Waals surface area contributed by atoms with Gasteiger partial charge >= 0.3 is 0 Å². The van der Waals surface area contributed by atoms with Crippen LogP contribution >= 0.6 is 11.3 Å². The summed E-state index contributed by atoms with van der Waals surface area (Å²) in [6.45, 7) is 1.76. The summed E-state index contributed by atoms with van der Waals surface area (Å²) in [6, 6.07) is 11.3. The van der Waals surface area contributed by atoms with Gasteiger partial charge in [-0.15, -0.1) is 11.3 Å². The van der Waals surface area contributed by atoms with E-state index in [1.165, 1.54) is 11.3 Å². The summed E-state index contributed by atoms with van der Waals surface area (Å²) in [4.78, 5) is 18.6. The topological polar surface area (TPSA) is 97.3 Å². The molecular formula is C19H21N5O2S. The minimum Gasteiger partial charge on any atom is -0.382 e. The second-order valence-corrected chi connectivity index (χ2v) is 7.48. The van der Waals surface area contributed by atoms with Crippen LogP contribution in [0.2, 0.25) is 0 Å². The van der Waals surface area contributed by atoms with Gasteiger partial charge in [-0.2, -0.15) is 5.10 Å². The van der Waals surface area contributed by atoms with Crippen molar-refractivity contribution >= 4 is 22.4 Å². The molecule has 0 bridgehead atoms. The molecule has 1 aliphatic heterocycles. The molecular weight excluding hydrogens is 362 g/mol. The molecule has 0 fully saturated rings. The van der Waals surface area contributed by atoms with E-state index in [2.05, 4.69) is 10.1 Å². The average molecular weight is 383 g/mol. The number of nitrogens with zero attached hydrogens (tertiary/aromatic N) is 4. The van der Waals surface area contributed by atoms with Crippen molar-refractivity contribution in [3.63, 3.8) is 0 Å². The Morgan fingerprint density at radius 2 is 2.11 bits per heavy atom. The molecule has 1 aliphatic rings. The van der Waals surface area contributed by atoms with E-state index < -0.39 is 6.10 Å². The van der Waals surface area contributed by atoms with E-state index in [0.717, 1.165) is 17.0 Å². The fraction of sp³-hybridized carbons (Fsp3) is 0.316. The van der Waals surface area contributed by atoms with Crippen LogP contribution in [0.15, 0.2) is 41.8 Å². The monoisotopic (exact) mass is 383 g/mol. The van der Waals surface area contributed by atoms with Crippen molar-refractivity contribution in [2.75, 3.05) is 12.3 Å². The fourth-order valence-electron chi connectivity index (χ4n) is 3.27. The molecule has 0 aliphatic carbocycles. The van der Waals surface area contributed by atoms with Crippen LogP contribution in [0.5, 0.6) is 0 Å². The molecule has 8 heteroatoms. The molecule has 0 spiro atoms. The SMILES string of the molecule is Nc1nc(CCC(=O)N2CCn3nc(C(O)c4ccccc4)cc3C2)cs1. The van der Waals surface area contributed by atoms with Crippen LogP contribution < -0.4 is 5.73 Å². The summed E-state index contributed by atoms with van der Waals surface area (Å²) in [6.07, 6.45) is 0.250. The minimum absolute atomic E-state index is 0.0965. The van der Waals surface area contributed by atoms with Gasteiger partial charge in [0.15, 0.2) is 5.13 Å². The van der Waals surface area contributed by atoms with Gasteiger partial charge < -0.3 is 15.7 Å². The lowest BCUT2D eigenvalue weighted by atomic mass is 10.1. The van der Waals surface area contributed by atoms with Crippen LogP contribution in [0, 0.1) is 0 Å². The number of hydrogen-bond donors (Lipinski definition) is 2. The van der Waals surface area contributed by atoms with Gasteiger partial charge in [-0.1, -0.05) is 30.3 Å². The molecule has 1 amide bonds. The molecule has 1 aromatic carbocycles. The van der Waals surface area contributed by atoms with E-state index in [1.807, 2.05) is 51.4 Å². The summed E-state index contributed by atoms with van der Waals surface area (Å²) in [5.74, 6) is 0.0965. The number of fused-ring (bicyclic) bond motifs is 1. The Morgan fingerprint density at radius 3 is 2.85 bits per heavy atom. The van der Waals surface area contributed by atoms with E-state index >= 15 is 0 Å². The van der Waals surface area contributed by atoms with E-state index in [4.69, 9.17) is 5.73 Å². The van der Waals surface area contributed by atoms with Gasteiger partial charge in [0.25, 0.3) is 0 Å². The molecule has 3 aromatic rings. The first-order valence-electron chi connectivity index (χ1n) is 8.87. The third-order valence-corrected chi connectivity index (χ3v) is 5.45. The van der Waals surface area contributed by atoms with Crippen molar-refractivity contribution in [3.8, 4) is 0 Å². The predicted octanol–water partition coefficient (Wildman–Crippen LogP) is 1.98. The number of carbonyl (C=O) groups excluding carboxylic acids is 1. The van der Waals surface area contributed by atoms with Gasteiger partial charge in [-0.05, 0) is 18.1 Å². The first kappa shape index (κ1) is 17.7. The average Bonchev–Trinajstić information content (AvgIpc) is 3.31. The van der Waals surface area contributed by atoms with E-state index in [0.29, 0.717) is 43.3 Å². The number of aromatic nitrogens is 3. The third kappa shape index (κ3) is 3.86. The normalized spacial score (nSPS) is 14.8. The number of aliphatic hydroxyl groups is 1. The van der Waals surface area contributed by atoms with E-state index in [1.54, 1.807) is 0 Å². The van der Waals surface area contributed by atoms with Crippen molar-refractivity contribution in [1.82, 2.24) is 19.7 Å². The van der Waals surface area contributed by atoms with Crippen LogP contribution in [0.4, 0.5) is 5.13 Å². The van der Waals surface area contributed by atoms with Crippen LogP contribution in [-0.4, -0.2) is 37.2 Å². The van der Waals surface area contributed by atoms with Gasteiger partial charge in [-0.25, -0.2) is 4.98 Å². The minimum atomic E-state index is -0.761. The summed E-state index contributed by atoms with van der Waals surface area (Å²) in [5.41, 5.74) is 8.86. The number of nitrogen functional groups attached to an aromatic ring is 1. The van der Waals surface area contributed by atoms with E-state index in [9.17, 15) is 9.90 Å². The smallest absolute Gasteiger partial charge is 0.223 e.